The summed E-state index contributed by atoms with van der Waals surface area (Å²) in [6.45, 7) is 8.54. The van der Waals surface area contributed by atoms with E-state index in [1.54, 1.807) is 22.8 Å². The summed E-state index contributed by atoms with van der Waals surface area (Å²) in [4.78, 5) is 30.3. The van der Waals surface area contributed by atoms with Crippen molar-refractivity contribution in [3.05, 3.63) is 69.0 Å². The molecule has 0 saturated carbocycles. The SMILES string of the molecule is CC(C)Cn1c(SCc2cccc(Cl)c2)nc2cc(C(=O)NC(C)C)ccc2c1=O. The van der Waals surface area contributed by atoms with Gasteiger partial charge in [0.2, 0.25) is 0 Å². The Morgan fingerprint density at radius 3 is 2.60 bits per heavy atom. The van der Waals surface area contributed by atoms with Gasteiger partial charge in [0.25, 0.3) is 11.5 Å². The summed E-state index contributed by atoms with van der Waals surface area (Å²) in [5, 5.41) is 4.71. The Kier molecular flexibility index (Phi) is 7.21. The van der Waals surface area contributed by atoms with E-state index >= 15 is 0 Å². The van der Waals surface area contributed by atoms with Gasteiger partial charge in [-0.2, -0.15) is 0 Å². The molecule has 0 fully saturated rings. The minimum Gasteiger partial charge on any atom is -0.350 e. The lowest BCUT2D eigenvalue weighted by molar-refractivity contribution is 0.0943. The molecule has 3 rings (SSSR count). The smallest absolute Gasteiger partial charge is 0.262 e. The van der Waals surface area contributed by atoms with Gasteiger partial charge in [0, 0.05) is 28.9 Å². The van der Waals surface area contributed by atoms with Crippen molar-refractivity contribution in [1.29, 1.82) is 0 Å². The maximum absolute atomic E-state index is 13.2. The number of fused-ring (bicyclic) bond motifs is 1. The number of amides is 1. The number of halogens is 1. The molecule has 5 nitrogen and oxygen atoms in total. The Hall–Kier alpha value is -2.31. The first-order valence-corrected chi connectivity index (χ1v) is 11.3. The number of carbonyl (C=O) groups is 1. The quantitative estimate of drug-likeness (QED) is 0.405. The number of rotatable bonds is 7. The third-order valence-corrected chi connectivity index (χ3v) is 5.69. The number of thioether (sulfide) groups is 1. The lowest BCUT2D eigenvalue weighted by Gasteiger charge is -2.15. The van der Waals surface area contributed by atoms with Crippen LogP contribution in [0.4, 0.5) is 0 Å². The van der Waals surface area contributed by atoms with Crippen LogP contribution in [0.3, 0.4) is 0 Å². The van der Waals surface area contributed by atoms with E-state index in [2.05, 4.69) is 19.2 Å². The fraction of sp³-hybridized carbons (Fsp3) is 0.348. The monoisotopic (exact) mass is 443 g/mol. The van der Waals surface area contributed by atoms with Crippen LogP contribution in [0.25, 0.3) is 10.9 Å². The van der Waals surface area contributed by atoms with E-state index in [4.69, 9.17) is 16.6 Å². The van der Waals surface area contributed by atoms with Crippen LogP contribution >= 0.6 is 23.4 Å². The number of aromatic nitrogens is 2. The highest BCUT2D eigenvalue weighted by Gasteiger charge is 2.15. The topological polar surface area (TPSA) is 64.0 Å². The Morgan fingerprint density at radius 1 is 1.17 bits per heavy atom. The van der Waals surface area contributed by atoms with Crippen molar-refractivity contribution in [2.24, 2.45) is 5.92 Å². The maximum atomic E-state index is 13.2. The molecule has 1 heterocycles. The fourth-order valence-electron chi connectivity index (χ4n) is 3.10. The van der Waals surface area contributed by atoms with Crippen molar-refractivity contribution in [2.75, 3.05) is 0 Å². The molecule has 0 spiro atoms. The summed E-state index contributed by atoms with van der Waals surface area (Å²) in [6.07, 6.45) is 0. The second-order valence-electron chi connectivity index (χ2n) is 7.98. The van der Waals surface area contributed by atoms with E-state index < -0.39 is 0 Å². The molecule has 7 heteroatoms. The van der Waals surface area contributed by atoms with Gasteiger partial charge in [0.15, 0.2) is 5.16 Å². The first-order valence-electron chi connectivity index (χ1n) is 9.97. The Bertz CT molecular complexity index is 1130. The molecule has 0 atom stereocenters. The number of hydrogen-bond donors (Lipinski definition) is 1. The van der Waals surface area contributed by atoms with E-state index in [1.165, 1.54) is 11.8 Å². The normalized spacial score (nSPS) is 11.4. The van der Waals surface area contributed by atoms with Crippen LogP contribution in [0, 0.1) is 5.92 Å². The molecule has 2 aromatic carbocycles. The minimum absolute atomic E-state index is 0.0315. The highest BCUT2D eigenvalue weighted by Crippen LogP contribution is 2.24. The van der Waals surface area contributed by atoms with Crippen LogP contribution in [0.1, 0.15) is 43.6 Å². The lowest BCUT2D eigenvalue weighted by Crippen LogP contribution is -2.30. The van der Waals surface area contributed by atoms with Crippen LogP contribution in [0.15, 0.2) is 52.4 Å². The van der Waals surface area contributed by atoms with Crippen LogP contribution in [-0.4, -0.2) is 21.5 Å². The van der Waals surface area contributed by atoms with Crippen molar-refractivity contribution in [3.63, 3.8) is 0 Å². The maximum Gasteiger partial charge on any atom is 0.262 e. The predicted octanol–water partition coefficient (Wildman–Crippen LogP) is 5.14. The van der Waals surface area contributed by atoms with Gasteiger partial charge in [-0.05, 0) is 55.7 Å². The second kappa shape index (κ2) is 9.67. The highest BCUT2D eigenvalue weighted by atomic mass is 35.5. The Morgan fingerprint density at radius 2 is 1.93 bits per heavy atom. The standard InChI is InChI=1S/C23H26ClN3O2S/c1-14(2)12-27-22(29)19-9-8-17(21(28)25-15(3)4)11-20(19)26-23(27)30-13-16-6-5-7-18(24)10-16/h5-11,14-15H,12-13H2,1-4H3,(H,25,28). The number of nitrogens with zero attached hydrogens (tertiary/aromatic N) is 2. The average molecular weight is 444 g/mol. The average Bonchev–Trinajstić information content (AvgIpc) is 2.67. The predicted molar refractivity (Wildman–Crippen MR) is 124 cm³/mol. The van der Waals surface area contributed by atoms with Crippen molar-refractivity contribution < 1.29 is 4.79 Å². The van der Waals surface area contributed by atoms with E-state index in [-0.39, 0.29) is 17.5 Å². The molecule has 3 aromatic rings. The summed E-state index contributed by atoms with van der Waals surface area (Å²) in [5.41, 5.74) is 2.00. The van der Waals surface area contributed by atoms with Crippen molar-refractivity contribution in [2.45, 2.75) is 51.2 Å². The summed E-state index contributed by atoms with van der Waals surface area (Å²) < 4.78 is 1.73. The van der Waals surface area contributed by atoms with E-state index in [0.717, 1.165) is 5.56 Å². The number of carbonyl (C=O) groups excluding carboxylic acids is 1. The number of benzene rings is 2. The van der Waals surface area contributed by atoms with Gasteiger partial charge in [-0.15, -0.1) is 0 Å². The zero-order valence-corrected chi connectivity index (χ0v) is 19.2. The number of nitrogens with one attached hydrogen (secondary N) is 1. The highest BCUT2D eigenvalue weighted by molar-refractivity contribution is 7.98. The van der Waals surface area contributed by atoms with Crippen molar-refractivity contribution >= 4 is 40.2 Å². The third kappa shape index (κ3) is 5.43. The minimum atomic E-state index is -0.173. The molecule has 0 saturated heterocycles. The number of hydrogen-bond acceptors (Lipinski definition) is 4. The van der Waals surface area contributed by atoms with Gasteiger partial charge < -0.3 is 5.32 Å². The molecule has 30 heavy (non-hydrogen) atoms. The fourth-order valence-corrected chi connectivity index (χ4v) is 4.26. The summed E-state index contributed by atoms with van der Waals surface area (Å²) >= 11 is 7.59. The summed E-state index contributed by atoms with van der Waals surface area (Å²) in [6, 6.07) is 12.8. The van der Waals surface area contributed by atoms with E-state index in [1.807, 2.05) is 38.1 Å². The second-order valence-corrected chi connectivity index (χ2v) is 9.36. The van der Waals surface area contributed by atoms with Crippen LogP contribution in [0.5, 0.6) is 0 Å². The molecule has 0 aliphatic rings. The van der Waals surface area contributed by atoms with Gasteiger partial charge in [0.05, 0.1) is 10.9 Å². The van der Waals surface area contributed by atoms with Crippen molar-refractivity contribution in [3.8, 4) is 0 Å². The summed E-state index contributed by atoms with van der Waals surface area (Å²) in [7, 11) is 0. The Balaban J connectivity index is 2.02. The van der Waals surface area contributed by atoms with E-state index in [0.29, 0.717) is 44.9 Å². The lowest BCUT2D eigenvalue weighted by atomic mass is 10.1. The first-order chi connectivity index (χ1) is 14.2. The van der Waals surface area contributed by atoms with Gasteiger partial charge in [-0.1, -0.05) is 49.3 Å². The summed E-state index contributed by atoms with van der Waals surface area (Å²) in [5.74, 6) is 0.765. The van der Waals surface area contributed by atoms with Crippen LogP contribution in [0.2, 0.25) is 5.02 Å². The molecule has 0 bridgehead atoms. The third-order valence-electron chi connectivity index (χ3n) is 4.41. The van der Waals surface area contributed by atoms with Gasteiger partial charge in [-0.25, -0.2) is 4.98 Å². The van der Waals surface area contributed by atoms with Crippen LogP contribution in [-0.2, 0) is 12.3 Å². The van der Waals surface area contributed by atoms with Gasteiger partial charge in [-0.3, -0.25) is 14.2 Å². The molecular formula is C23H26ClN3O2S. The zero-order valence-electron chi connectivity index (χ0n) is 17.6. The van der Waals surface area contributed by atoms with Crippen LogP contribution < -0.4 is 10.9 Å². The van der Waals surface area contributed by atoms with Gasteiger partial charge in [0.1, 0.15) is 0 Å². The Labute approximate surface area is 185 Å². The largest absolute Gasteiger partial charge is 0.350 e. The van der Waals surface area contributed by atoms with E-state index in [9.17, 15) is 9.59 Å². The van der Waals surface area contributed by atoms with Crippen molar-refractivity contribution in [1.82, 2.24) is 14.9 Å². The molecule has 0 radical (unpaired) electrons. The molecule has 0 aliphatic carbocycles. The first kappa shape index (κ1) is 22.4. The molecule has 158 valence electrons. The molecule has 0 unspecified atom stereocenters. The zero-order chi connectivity index (χ0) is 21.8. The molecule has 0 aliphatic heterocycles. The molecule has 1 N–H and O–H groups in total. The van der Waals surface area contributed by atoms with Gasteiger partial charge >= 0.3 is 0 Å². The molecular weight excluding hydrogens is 418 g/mol. The molecule has 1 aromatic heterocycles. The molecule has 1 amide bonds.